The van der Waals surface area contributed by atoms with Gasteiger partial charge >= 0.3 is 12.1 Å². The van der Waals surface area contributed by atoms with Gasteiger partial charge in [0.1, 0.15) is 6.61 Å². The molecule has 2 N–H and O–H groups in total. The quantitative estimate of drug-likeness (QED) is 0.527. The predicted molar refractivity (Wildman–Crippen MR) is 64.7 cm³/mol. The molecule has 1 atom stereocenters. The molecule has 5 heteroatoms. The number of ether oxygens (including phenoxy) is 1. The summed E-state index contributed by atoms with van der Waals surface area (Å²) in [5, 5.41) is 11.3. The van der Waals surface area contributed by atoms with Crippen molar-refractivity contribution in [3.8, 4) is 0 Å². The fourth-order valence-corrected chi connectivity index (χ4v) is 1.13. The van der Waals surface area contributed by atoms with Gasteiger partial charge in [-0.2, -0.15) is 0 Å². The second-order valence-corrected chi connectivity index (χ2v) is 3.99. The number of carbonyl (C=O) groups is 2. The van der Waals surface area contributed by atoms with Gasteiger partial charge in [0.15, 0.2) is 0 Å². The van der Waals surface area contributed by atoms with E-state index in [0.29, 0.717) is 0 Å². The Morgan fingerprint density at radius 3 is 2.47 bits per heavy atom. The van der Waals surface area contributed by atoms with E-state index in [1.807, 2.05) is 13.8 Å². The third kappa shape index (κ3) is 6.40. The lowest BCUT2D eigenvalue weighted by Gasteiger charge is -2.21. The van der Waals surface area contributed by atoms with E-state index in [9.17, 15) is 9.59 Å². The van der Waals surface area contributed by atoms with Crippen LogP contribution in [0.3, 0.4) is 0 Å². The van der Waals surface area contributed by atoms with Gasteiger partial charge in [-0.05, 0) is 12.3 Å². The molecule has 1 amide bonds. The van der Waals surface area contributed by atoms with Crippen LogP contribution >= 0.6 is 0 Å². The van der Waals surface area contributed by atoms with Crippen molar-refractivity contribution in [2.75, 3.05) is 6.61 Å². The zero-order valence-corrected chi connectivity index (χ0v) is 10.2. The highest BCUT2D eigenvalue weighted by Crippen LogP contribution is 2.12. The second-order valence-electron chi connectivity index (χ2n) is 3.99. The number of hydrogen-bond acceptors (Lipinski definition) is 3. The van der Waals surface area contributed by atoms with Gasteiger partial charge in [-0.3, -0.25) is 0 Å². The SMILES string of the molecule is C=CCOC(=O)N[C@H](CC(=C)C(=O)O)C(C)C. The molecule has 0 bridgehead atoms. The number of carbonyl (C=O) groups excluding carboxylic acids is 1. The molecule has 0 aliphatic heterocycles. The Bertz CT molecular complexity index is 310. The maximum Gasteiger partial charge on any atom is 0.407 e. The van der Waals surface area contributed by atoms with E-state index in [4.69, 9.17) is 9.84 Å². The third-order valence-electron chi connectivity index (χ3n) is 2.21. The number of amides is 1. The number of alkyl carbamates (subject to hydrolysis) is 1. The van der Waals surface area contributed by atoms with Gasteiger partial charge in [-0.1, -0.05) is 33.1 Å². The van der Waals surface area contributed by atoms with E-state index in [1.54, 1.807) is 0 Å². The Hall–Kier alpha value is -1.78. The highest BCUT2D eigenvalue weighted by molar-refractivity contribution is 5.85. The van der Waals surface area contributed by atoms with Crippen LogP contribution in [-0.2, 0) is 9.53 Å². The summed E-state index contributed by atoms with van der Waals surface area (Å²) in [4.78, 5) is 22.0. The Balaban J connectivity index is 4.34. The Morgan fingerprint density at radius 1 is 1.47 bits per heavy atom. The van der Waals surface area contributed by atoms with Crippen LogP contribution in [0, 0.1) is 5.92 Å². The average Bonchev–Trinajstić information content (AvgIpc) is 2.24. The summed E-state index contributed by atoms with van der Waals surface area (Å²) in [6, 6.07) is -0.309. The van der Waals surface area contributed by atoms with Gasteiger partial charge in [0.05, 0.1) is 0 Å². The molecule has 0 aromatic heterocycles. The maximum absolute atomic E-state index is 11.3. The van der Waals surface area contributed by atoms with Crippen molar-refractivity contribution in [2.24, 2.45) is 5.92 Å². The van der Waals surface area contributed by atoms with Crippen molar-refractivity contribution in [3.63, 3.8) is 0 Å². The topological polar surface area (TPSA) is 75.6 Å². The molecule has 0 rings (SSSR count). The molecule has 0 heterocycles. The highest BCUT2D eigenvalue weighted by atomic mass is 16.5. The van der Waals surface area contributed by atoms with Crippen LogP contribution in [0.5, 0.6) is 0 Å². The van der Waals surface area contributed by atoms with Crippen molar-refractivity contribution < 1.29 is 19.4 Å². The van der Waals surface area contributed by atoms with E-state index in [2.05, 4.69) is 18.5 Å². The van der Waals surface area contributed by atoms with Crippen molar-refractivity contribution in [3.05, 3.63) is 24.8 Å². The van der Waals surface area contributed by atoms with Crippen LogP contribution in [0.2, 0.25) is 0 Å². The first-order valence-corrected chi connectivity index (χ1v) is 5.33. The lowest BCUT2D eigenvalue weighted by atomic mass is 9.97. The van der Waals surface area contributed by atoms with Crippen LogP contribution in [0.15, 0.2) is 24.8 Å². The van der Waals surface area contributed by atoms with Gasteiger partial charge in [0, 0.05) is 11.6 Å². The van der Waals surface area contributed by atoms with Crippen LogP contribution in [-0.4, -0.2) is 29.8 Å². The third-order valence-corrected chi connectivity index (χ3v) is 2.21. The molecule has 0 spiro atoms. The Morgan fingerprint density at radius 2 is 2.06 bits per heavy atom. The standard InChI is InChI=1S/C12H19NO4/c1-5-6-17-12(16)13-10(8(2)3)7-9(4)11(14)15/h5,8,10H,1,4,6-7H2,2-3H3,(H,13,16)(H,14,15)/t10-/m1/s1. The summed E-state index contributed by atoms with van der Waals surface area (Å²) >= 11 is 0. The fourth-order valence-electron chi connectivity index (χ4n) is 1.13. The van der Waals surface area contributed by atoms with E-state index >= 15 is 0 Å². The first-order valence-electron chi connectivity index (χ1n) is 5.33. The fraction of sp³-hybridized carbons (Fsp3) is 0.500. The molecule has 0 aromatic rings. The molecule has 0 unspecified atom stereocenters. The monoisotopic (exact) mass is 241 g/mol. The molecule has 0 saturated carbocycles. The molecule has 0 saturated heterocycles. The predicted octanol–water partition coefficient (Wildman–Crippen LogP) is 1.95. The molecular weight excluding hydrogens is 222 g/mol. The number of hydrogen-bond donors (Lipinski definition) is 2. The molecule has 17 heavy (non-hydrogen) atoms. The minimum atomic E-state index is -1.06. The minimum absolute atomic E-state index is 0.0627. The lowest BCUT2D eigenvalue weighted by Crippen LogP contribution is -2.39. The van der Waals surface area contributed by atoms with Crippen LogP contribution < -0.4 is 5.32 Å². The number of aliphatic carboxylic acids is 1. The van der Waals surface area contributed by atoms with Crippen LogP contribution in [0.25, 0.3) is 0 Å². The Kier molecular flexibility index (Phi) is 6.70. The number of carboxylic acid groups (broad SMARTS) is 1. The molecule has 0 aliphatic rings. The average molecular weight is 241 g/mol. The molecule has 0 aliphatic carbocycles. The van der Waals surface area contributed by atoms with Gasteiger partial charge in [-0.15, -0.1) is 0 Å². The molecule has 96 valence electrons. The van der Waals surface area contributed by atoms with E-state index < -0.39 is 12.1 Å². The van der Waals surface area contributed by atoms with Gasteiger partial charge in [0.25, 0.3) is 0 Å². The maximum atomic E-state index is 11.3. The first kappa shape index (κ1) is 15.2. The Labute approximate surface area is 101 Å². The van der Waals surface area contributed by atoms with E-state index in [0.717, 1.165) is 0 Å². The second kappa shape index (κ2) is 7.49. The van der Waals surface area contributed by atoms with E-state index in [1.165, 1.54) is 6.08 Å². The summed E-state index contributed by atoms with van der Waals surface area (Å²) < 4.78 is 4.77. The molecule has 5 nitrogen and oxygen atoms in total. The van der Waals surface area contributed by atoms with Gasteiger partial charge in [-0.25, -0.2) is 9.59 Å². The van der Waals surface area contributed by atoms with Gasteiger partial charge < -0.3 is 15.2 Å². The van der Waals surface area contributed by atoms with Crippen molar-refractivity contribution >= 4 is 12.1 Å². The molecule has 0 aromatic carbocycles. The number of nitrogens with one attached hydrogen (secondary N) is 1. The number of carboxylic acids is 1. The van der Waals surface area contributed by atoms with Crippen molar-refractivity contribution in [2.45, 2.75) is 26.3 Å². The normalized spacial score (nSPS) is 11.7. The first-order chi connectivity index (χ1) is 7.88. The van der Waals surface area contributed by atoms with Crippen LogP contribution in [0.1, 0.15) is 20.3 Å². The highest BCUT2D eigenvalue weighted by Gasteiger charge is 2.20. The van der Waals surface area contributed by atoms with Crippen LogP contribution in [0.4, 0.5) is 4.79 Å². The smallest absolute Gasteiger partial charge is 0.407 e. The number of rotatable bonds is 7. The van der Waals surface area contributed by atoms with Gasteiger partial charge in [0.2, 0.25) is 0 Å². The summed E-state index contributed by atoms with van der Waals surface area (Å²) in [5.41, 5.74) is 0.0627. The zero-order chi connectivity index (χ0) is 13.4. The van der Waals surface area contributed by atoms with Crippen molar-refractivity contribution in [1.82, 2.24) is 5.32 Å². The zero-order valence-electron chi connectivity index (χ0n) is 10.2. The summed E-state index contributed by atoms with van der Waals surface area (Å²) in [6.45, 7) is 10.7. The molecule has 0 radical (unpaired) electrons. The summed E-state index contributed by atoms with van der Waals surface area (Å²) in [5.74, 6) is -0.973. The largest absolute Gasteiger partial charge is 0.478 e. The lowest BCUT2D eigenvalue weighted by molar-refractivity contribution is -0.132. The summed E-state index contributed by atoms with van der Waals surface area (Å²) in [7, 11) is 0. The molecule has 0 fully saturated rings. The van der Waals surface area contributed by atoms with E-state index in [-0.39, 0.29) is 30.6 Å². The van der Waals surface area contributed by atoms with Crippen molar-refractivity contribution in [1.29, 1.82) is 0 Å². The summed E-state index contributed by atoms with van der Waals surface area (Å²) in [6.07, 6.45) is 1.07. The minimum Gasteiger partial charge on any atom is -0.478 e. The molecular formula is C12H19NO4.